The first kappa shape index (κ1) is 16.9. The highest BCUT2D eigenvalue weighted by Gasteiger charge is 2.23. The van der Waals surface area contributed by atoms with E-state index in [4.69, 9.17) is 4.74 Å². The molecule has 124 valence electrons. The van der Waals surface area contributed by atoms with Crippen molar-refractivity contribution in [3.8, 4) is 5.75 Å². The summed E-state index contributed by atoms with van der Waals surface area (Å²) in [7, 11) is -3.93. The number of benzene rings is 1. The number of hydrogen-bond donors (Lipinski definition) is 3. The first-order valence-corrected chi connectivity index (χ1v) is 8.21. The Labute approximate surface area is 132 Å². The highest BCUT2D eigenvalue weighted by atomic mass is 32.2. The molecule has 1 heterocycles. The molecule has 2 aromatic rings. The van der Waals surface area contributed by atoms with E-state index in [1.165, 1.54) is 18.5 Å². The van der Waals surface area contributed by atoms with Gasteiger partial charge in [0, 0.05) is 0 Å². The van der Waals surface area contributed by atoms with Crippen LogP contribution in [-0.2, 0) is 10.0 Å². The number of nitrogens with zero attached hydrogens (tertiary/aromatic N) is 2. The fourth-order valence-electron chi connectivity index (χ4n) is 1.90. The maximum absolute atomic E-state index is 12.4. The lowest BCUT2D eigenvalue weighted by atomic mass is 10.2. The number of H-pyrrole nitrogens is 1. The van der Waals surface area contributed by atoms with E-state index < -0.39 is 22.0 Å². The summed E-state index contributed by atoms with van der Waals surface area (Å²) < 4.78 is 32.3. The number of sulfonamides is 1. The van der Waals surface area contributed by atoms with E-state index in [9.17, 15) is 18.3 Å². The maximum Gasteiger partial charge on any atom is 0.339 e. The number of carboxylic acids is 1. The number of carbonyl (C=O) groups is 1. The molecule has 1 atom stereocenters. The van der Waals surface area contributed by atoms with E-state index in [2.05, 4.69) is 19.9 Å². The number of hydrogen-bond acceptors (Lipinski definition) is 6. The lowest BCUT2D eigenvalue weighted by molar-refractivity contribution is 0.0692. The normalized spacial score (nSPS) is 12.8. The summed E-state index contributed by atoms with van der Waals surface area (Å²) in [6.45, 7) is 3.56. The fraction of sp³-hybridized carbons (Fsp3) is 0.308. The van der Waals surface area contributed by atoms with Gasteiger partial charge < -0.3 is 9.84 Å². The van der Waals surface area contributed by atoms with Gasteiger partial charge in [0.1, 0.15) is 23.5 Å². The summed E-state index contributed by atoms with van der Waals surface area (Å²) in [6, 6.07) is 3.01. The summed E-state index contributed by atoms with van der Waals surface area (Å²) in [5.74, 6) is -0.811. The zero-order valence-corrected chi connectivity index (χ0v) is 13.3. The highest BCUT2D eigenvalue weighted by Crippen LogP contribution is 2.23. The van der Waals surface area contributed by atoms with Crippen LogP contribution in [0.5, 0.6) is 5.75 Å². The van der Waals surface area contributed by atoms with Gasteiger partial charge in [-0.05, 0) is 32.0 Å². The van der Waals surface area contributed by atoms with Gasteiger partial charge in [-0.25, -0.2) is 22.9 Å². The van der Waals surface area contributed by atoms with Crippen molar-refractivity contribution in [2.45, 2.75) is 24.8 Å². The van der Waals surface area contributed by atoms with Gasteiger partial charge in [-0.15, -0.1) is 0 Å². The van der Waals surface area contributed by atoms with Crippen LogP contribution >= 0.6 is 0 Å². The van der Waals surface area contributed by atoms with Crippen molar-refractivity contribution in [1.29, 1.82) is 0 Å². The first-order chi connectivity index (χ1) is 10.8. The van der Waals surface area contributed by atoms with E-state index >= 15 is 0 Å². The van der Waals surface area contributed by atoms with Crippen LogP contribution in [0.1, 0.15) is 36.1 Å². The van der Waals surface area contributed by atoms with Crippen molar-refractivity contribution in [2.24, 2.45) is 0 Å². The Balaban J connectivity index is 2.32. The number of aromatic amines is 1. The van der Waals surface area contributed by atoms with Gasteiger partial charge >= 0.3 is 5.97 Å². The average Bonchev–Trinajstić information content (AvgIpc) is 3.01. The van der Waals surface area contributed by atoms with Crippen LogP contribution in [0.4, 0.5) is 0 Å². The Hall–Kier alpha value is -2.46. The third kappa shape index (κ3) is 3.85. The van der Waals surface area contributed by atoms with Crippen molar-refractivity contribution < 1.29 is 23.1 Å². The molecule has 23 heavy (non-hydrogen) atoms. The molecule has 1 unspecified atom stereocenters. The van der Waals surface area contributed by atoms with Crippen molar-refractivity contribution in [3.63, 3.8) is 0 Å². The molecule has 0 spiro atoms. The standard InChI is InChI=1S/C13H16N4O5S/c1-3-22-11-5-4-9(6-10(11)13(18)19)23(20,21)17-8(2)12-14-7-15-16-12/h4-8,17H,3H2,1-2H3,(H,18,19)(H,14,15,16). The molecule has 1 aromatic heterocycles. The number of carboxylic acid groups (broad SMARTS) is 1. The van der Waals surface area contributed by atoms with Crippen LogP contribution in [0.2, 0.25) is 0 Å². The molecule has 0 saturated heterocycles. The second-order valence-corrected chi connectivity index (χ2v) is 6.32. The largest absolute Gasteiger partial charge is 0.493 e. The zero-order chi connectivity index (χ0) is 17.0. The fourth-order valence-corrected chi connectivity index (χ4v) is 3.14. The van der Waals surface area contributed by atoms with Crippen LogP contribution in [0.15, 0.2) is 29.4 Å². The first-order valence-electron chi connectivity index (χ1n) is 6.73. The summed E-state index contributed by atoms with van der Waals surface area (Å²) in [5, 5.41) is 15.4. The van der Waals surface area contributed by atoms with Gasteiger partial charge in [0.2, 0.25) is 10.0 Å². The lowest BCUT2D eigenvalue weighted by Crippen LogP contribution is -2.27. The third-order valence-corrected chi connectivity index (χ3v) is 4.51. The average molecular weight is 340 g/mol. The predicted octanol–water partition coefficient (Wildman–Crippen LogP) is 0.941. The van der Waals surface area contributed by atoms with Crippen molar-refractivity contribution in [1.82, 2.24) is 19.9 Å². The molecule has 1 aromatic carbocycles. The Morgan fingerprint density at radius 2 is 2.22 bits per heavy atom. The Kier molecular flexibility index (Phi) is 4.96. The van der Waals surface area contributed by atoms with Crippen molar-refractivity contribution >= 4 is 16.0 Å². The zero-order valence-electron chi connectivity index (χ0n) is 12.5. The molecule has 3 N–H and O–H groups in total. The van der Waals surface area contributed by atoms with Gasteiger partial charge in [0.05, 0.1) is 17.5 Å². The summed E-state index contributed by atoms with van der Waals surface area (Å²) >= 11 is 0. The summed E-state index contributed by atoms with van der Waals surface area (Å²) in [5.41, 5.74) is -0.220. The lowest BCUT2D eigenvalue weighted by Gasteiger charge is -2.13. The van der Waals surface area contributed by atoms with Gasteiger partial charge in [-0.3, -0.25) is 5.10 Å². The molecule has 0 aliphatic rings. The third-order valence-electron chi connectivity index (χ3n) is 2.97. The topological polar surface area (TPSA) is 134 Å². The minimum Gasteiger partial charge on any atom is -0.493 e. The van der Waals surface area contributed by atoms with Gasteiger partial charge in [-0.2, -0.15) is 5.10 Å². The van der Waals surface area contributed by atoms with Crippen molar-refractivity contribution in [3.05, 3.63) is 35.9 Å². The van der Waals surface area contributed by atoms with E-state index in [1.54, 1.807) is 13.8 Å². The van der Waals surface area contributed by atoms with Gasteiger partial charge in [-0.1, -0.05) is 0 Å². The van der Waals surface area contributed by atoms with Crippen LogP contribution in [0.25, 0.3) is 0 Å². The van der Waals surface area contributed by atoms with Gasteiger partial charge in [0.25, 0.3) is 0 Å². The molecule has 10 heteroatoms. The molecule has 0 aliphatic heterocycles. The highest BCUT2D eigenvalue weighted by molar-refractivity contribution is 7.89. The minimum absolute atomic E-state index is 0.113. The van der Waals surface area contributed by atoms with Gasteiger partial charge in [0.15, 0.2) is 0 Å². The Morgan fingerprint density at radius 1 is 1.48 bits per heavy atom. The number of ether oxygens (including phenoxy) is 1. The molecule has 0 bridgehead atoms. The minimum atomic E-state index is -3.93. The smallest absolute Gasteiger partial charge is 0.339 e. The molecule has 0 aliphatic carbocycles. The summed E-state index contributed by atoms with van der Waals surface area (Å²) in [6.07, 6.45) is 1.26. The Bertz CT molecular complexity index is 789. The van der Waals surface area contributed by atoms with Crippen LogP contribution in [0.3, 0.4) is 0 Å². The van der Waals surface area contributed by atoms with E-state index in [-0.39, 0.29) is 22.8 Å². The molecular weight excluding hydrogens is 324 g/mol. The molecule has 0 fully saturated rings. The molecule has 2 rings (SSSR count). The second kappa shape index (κ2) is 6.75. The maximum atomic E-state index is 12.4. The molecule has 0 amide bonds. The number of aromatic carboxylic acids is 1. The quantitative estimate of drug-likeness (QED) is 0.682. The van der Waals surface area contributed by atoms with E-state index in [0.29, 0.717) is 5.82 Å². The monoisotopic (exact) mass is 340 g/mol. The van der Waals surface area contributed by atoms with Crippen LogP contribution < -0.4 is 9.46 Å². The molecule has 0 saturated carbocycles. The van der Waals surface area contributed by atoms with Crippen LogP contribution in [-0.4, -0.2) is 41.3 Å². The van der Waals surface area contributed by atoms with Crippen molar-refractivity contribution in [2.75, 3.05) is 6.61 Å². The Morgan fingerprint density at radius 3 is 2.78 bits per heavy atom. The number of aromatic nitrogens is 3. The molecule has 9 nitrogen and oxygen atoms in total. The molecular formula is C13H16N4O5S. The second-order valence-electron chi connectivity index (χ2n) is 4.61. The molecule has 0 radical (unpaired) electrons. The number of rotatable bonds is 7. The van der Waals surface area contributed by atoms with Crippen LogP contribution in [0, 0.1) is 0 Å². The predicted molar refractivity (Wildman–Crippen MR) is 79.7 cm³/mol. The number of nitrogens with one attached hydrogen (secondary N) is 2. The summed E-state index contributed by atoms with van der Waals surface area (Å²) in [4.78, 5) is 15.0. The van der Waals surface area contributed by atoms with E-state index in [1.807, 2.05) is 0 Å². The SMILES string of the molecule is CCOc1ccc(S(=O)(=O)NC(C)c2ncn[nH]2)cc1C(=O)O. The van der Waals surface area contributed by atoms with E-state index in [0.717, 1.165) is 6.07 Å².